The van der Waals surface area contributed by atoms with Crippen molar-refractivity contribution in [1.29, 1.82) is 0 Å². The highest BCUT2D eigenvalue weighted by Crippen LogP contribution is 2.17. The van der Waals surface area contributed by atoms with Crippen LogP contribution in [0.5, 0.6) is 0 Å². The van der Waals surface area contributed by atoms with E-state index in [1.807, 2.05) is 0 Å². The number of likely N-dealkylation sites (N-methyl/N-ethyl adjacent to an activating group) is 1. The average molecular weight is 449 g/mol. The van der Waals surface area contributed by atoms with Crippen LogP contribution in [0.25, 0.3) is 0 Å². The van der Waals surface area contributed by atoms with Crippen molar-refractivity contribution >= 4 is 33.1 Å². The van der Waals surface area contributed by atoms with Gasteiger partial charge in [-0.25, -0.2) is 12.7 Å². The van der Waals surface area contributed by atoms with Crippen LogP contribution in [-0.2, 0) is 21.2 Å². The molecular weight excluding hydrogens is 420 g/mol. The van der Waals surface area contributed by atoms with Gasteiger partial charge < -0.3 is 10.2 Å². The molecule has 162 valence electrons. The van der Waals surface area contributed by atoms with Crippen LogP contribution < -0.4 is 5.32 Å². The molecule has 0 atom stereocenters. The Kier molecular flexibility index (Phi) is 7.63. The first-order valence-electron chi connectivity index (χ1n) is 9.98. The van der Waals surface area contributed by atoms with E-state index in [9.17, 15) is 13.2 Å². The highest BCUT2D eigenvalue weighted by molar-refractivity contribution is 7.89. The smallest absolute Gasteiger partial charge is 0.243 e. The Bertz CT molecular complexity index is 970. The number of sulfonamides is 1. The largest absolute Gasteiger partial charge is 0.368 e. The molecule has 0 radical (unpaired) electrons. The number of hydrogen-bond donors (Lipinski definition) is 1. The predicted molar refractivity (Wildman–Crippen MR) is 121 cm³/mol. The van der Waals surface area contributed by atoms with Crippen molar-refractivity contribution in [3.05, 3.63) is 52.2 Å². The molecule has 0 unspecified atom stereocenters. The van der Waals surface area contributed by atoms with Gasteiger partial charge in [-0.1, -0.05) is 24.3 Å². The number of thiophene rings is 1. The number of hydrogen-bond acceptors (Lipinski definition) is 6. The Morgan fingerprint density at radius 2 is 1.93 bits per heavy atom. The van der Waals surface area contributed by atoms with Gasteiger partial charge in [0.15, 0.2) is 0 Å². The third kappa shape index (κ3) is 5.68. The van der Waals surface area contributed by atoms with Gasteiger partial charge in [-0.2, -0.15) is 11.3 Å². The summed E-state index contributed by atoms with van der Waals surface area (Å²) >= 11 is 1.35. The van der Waals surface area contributed by atoms with Crippen molar-refractivity contribution in [1.82, 2.24) is 14.5 Å². The molecule has 1 aliphatic heterocycles. The lowest BCUT2D eigenvalue weighted by molar-refractivity contribution is -0.130. The molecule has 2 aromatic rings. The van der Waals surface area contributed by atoms with Crippen LogP contribution in [0.4, 0.5) is 0 Å². The maximum absolute atomic E-state index is 12.4. The minimum Gasteiger partial charge on any atom is -0.368 e. The molecule has 9 heteroatoms. The van der Waals surface area contributed by atoms with Gasteiger partial charge in [0.05, 0.1) is 11.4 Å². The fourth-order valence-corrected chi connectivity index (χ4v) is 5.41. The second-order valence-electron chi connectivity index (χ2n) is 7.31. The molecule has 0 fully saturated rings. The van der Waals surface area contributed by atoms with Crippen molar-refractivity contribution in [2.75, 3.05) is 40.3 Å². The quantitative estimate of drug-likeness (QED) is 0.604. The lowest BCUT2D eigenvalue weighted by Gasteiger charge is -2.19. The molecule has 0 saturated carbocycles. The Hall–Kier alpha value is -2.23. The van der Waals surface area contributed by atoms with Gasteiger partial charge in [0.1, 0.15) is 5.84 Å². The van der Waals surface area contributed by atoms with Gasteiger partial charge in [0.2, 0.25) is 15.9 Å². The maximum Gasteiger partial charge on any atom is 0.243 e. The third-order valence-corrected chi connectivity index (χ3v) is 7.82. The summed E-state index contributed by atoms with van der Waals surface area (Å²) < 4.78 is 26.1. The minimum absolute atomic E-state index is 0.0254. The van der Waals surface area contributed by atoms with E-state index in [1.165, 1.54) is 21.2 Å². The number of benzene rings is 1. The molecule has 0 spiro atoms. The zero-order valence-electron chi connectivity index (χ0n) is 17.4. The molecule has 0 saturated heterocycles. The van der Waals surface area contributed by atoms with Gasteiger partial charge >= 0.3 is 0 Å². The number of carbonyl (C=O) groups is 1. The van der Waals surface area contributed by atoms with E-state index in [1.54, 1.807) is 35.8 Å². The summed E-state index contributed by atoms with van der Waals surface area (Å²) in [5.74, 6) is 0.970. The molecule has 1 N–H and O–H groups in total. The summed E-state index contributed by atoms with van der Waals surface area (Å²) in [6, 6.07) is 9.84. The van der Waals surface area contributed by atoms with Gasteiger partial charge in [-0.15, -0.1) is 0 Å². The lowest BCUT2D eigenvalue weighted by atomic mass is 10.1. The summed E-state index contributed by atoms with van der Waals surface area (Å²) in [6.45, 7) is 2.65. The first-order chi connectivity index (χ1) is 14.4. The van der Waals surface area contributed by atoms with Crippen LogP contribution >= 0.6 is 11.3 Å². The Morgan fingerprint density at radius 1 is 1.17 bits per heavy atom. The van der Waals surface area contributed by atoms with Crippen LogP contribution in [0.3, 0.4) is 0 Å². The maximum atomic E-state index is 12.4. The van der Waals surface area contributed by atoms with E-state index in [0.717, 1.165) is 30.9 Å². The highest BCUT2D eigenvalue weighted by atomic mass is 32.2. The number of amides is 1. The zero-order valence-corrected chi connectivity index (χ0v) is 19.0. The van der Waals surface area contributed by atoms with Crippen molar-refractivity contribution < 1.29 is 13.2 Å². The molecule has 1 aromatic heterocycles. The van der Waals surface area contributed by atoms with Gasteiger partial charge in [0, 0.05) is 51.1 Å². The molecule has 3 rings (SSSR count). The SMILES string of the molecule is CN(CCc1ccc(C2=NCCN2)cc1)C(=O)CCCN(C)S(=O)(=O)c1ccsc1. The Balaban J connectivity index is 1.40. The second-order valence-corrected chi connectivity index (χ2v) is 10.1. The van der Waals surface area contributed by atoms with E-state index in [2.05, 4.69) is 34.6 Å². The van der Waals surface area contributed by atoms with E-state index in [4.69, 9.17) is 0 Å². The molecular formula is C21H28N4O3S2. The number of rotatable bonds is 10. The minimum atomic E-state index is -3.46. The molecule has 7 nitrogen and oxygen atoms in total. The Morgan fingerprint density at radius 3 is 2.57 bits per heavy atom. The van der Waals surface area contributed by atoms with Crippen molar-refractivity contribution in [2.24, 2.45) is 4.99 Å². The van der Waals surface area contributed by atoms with Crippen molar-refractivity contribution in [3.8, 4) is 0 Å². The van der Waals surface area contributed by atoms with Crippen LogP contribution in [0.2, 0.25) is 0 Å². The van der Waals surface area contributed by atoms with E-state index < -0.39 is 10.0 Å². The van der Waals surface area contributed by atoms with E-state index in [0.29, 0.717) is 30.8 Å². The first-order valence-corrected chi connectivity index (χ1v) is 12.4. The van der Waals surface area contributed by atoms with Crippen LogP contribution in [-0.4, -0.2) is 69.6 Å². The molecule has 30 heavy (non-hydrogen) atoms. The van der Waals surface area contributed by atoms with Crippen LogP contribution in [0.1, 0.15) is 24.0 Å². The van der Waals surface area contributed by atoms with Gasteiger partial charge in [-0.05, 0) is 29.9 Å². The Labute approximate surface area is 182 Å². The van der Waals surface area contributed by atoms with E-state index >= 15 is 0 Å². The highest BCUT2D eigenvalue weighted by Gasteiger charge is 2.21. The summed E-state index contributed by atoms with van der Waals surface area (Å²) in [5.41, 5.74) is 2.25. The number of carbonyl (C=O) groups excluding carboxylic acids is 1. The molecule has 1 amide bonds. The lowest BCUT2D eigenvalue weighted by Crippen LogP contribution is -2.31. The van der Waals surface area contributed by atoms with Gasteiger partial charge in [0.25, 0.3) is 0 Å². The number of nitrogens with zero attached hydrogens (tertiary/aromatic N) is 3. The summed E-state index contributed by atoms with van der Waals surface area (Å²) in [5, 5.41) is 6.62. The van der Waals surface area contributed by atoms with Crippen LogP contribution in [0.15, 0.2) is 51.0 Å². The van der Waals surface area contributed by atoms with E-state index in [-0.39, 0.29) is 5.91 Å². The first kappa shape index (κ1) is 22.5. The molecule has 2 heterocycles. The fourth-order valence-electron chi connectivity index (χ4n) is 3.18. The molecule has 0 aliphatic carbocycles. The average Bonchev–Trinajstić information content (AvgIpc) is 3.46. The number of amidine groups is 1. The number of nitrogens with one attached hydrogen (secondary N) is 1. The summed E-state index contributed by atoms with van der Waals surface area (Å²) in [4.78, 5) is 18.8. The number of aliphatic imine (C=N–C) groups is 1. The summed E-state index contributed by atoms with van der Waals surface area (Å²) in [6.07, 6.45) is 1.59. The van der Waals surface area contributed by atoms with Crippen molar-refractivity contribution in [2.45, 2.75) is 24.2 Å². The van der Waals surface area contributed by atoms with Crippen molar-refractivity contribution in [3.63, 3.8) is 0 Å². The predicted octanol–water partition coefficient (Wildman–Crippen LogP) is 2.20. The normalized spacial score (nSPS) is 13.9. The standard InChI is InChI=1S/C21H28N4O3S2/c1-24(14-9-17-5-7-18(8-6-17)21-22-11-12-23-21)20(26)4-3-13-25(2)30(27,28)19-10-15-29-16-19/h5-8,10,15-16H,3-4,9,11-14H2,1-2H3,(H,22,23). The summed E-state index contributed by atoms with van der Waals surface area (Å²) in [7, 11) is -0.120. The molecule has 0 bridgehead atoms. The monoisotopic (exact) mass is 448 g/mol. The topological polar surface area (TPSA) is 82.1 Å². The van der Waals surface area contributed by atoms with Gasteiger partial charge in [-0.3, -0.25) is 9.79 Å². The molecule has 1 aliphatic rings. The molecule has 1 aromatic carbocycles. The van der Waals surface area contributed by atoms with Crippen LogP contribution in [0, 0.1) is 0 Å². The third-order valence-electron chi connectivity index (χ3n) is 5.13. The zero-order chi connectivity index (χ0) is 21.6. The fraction of sp³-hybridized carbons (Fsp3) is 0.429. The second kappa shape index (κ2) is 10.2.